The van der Waals surface area contributed by atoms with Crippen LogP contribution < -0.4 is 0 Å². The Morgan fingerprint density at radius 3 is 2.57 bits per heavy atom. The molecule has 0 saturated carbocycles. The standard InChI is InChI=1S/C25H26N2O/c28-25(17-23-13-12-22-10-4-5-11-24(22)23)27(19-21-9-6-15-26-18-21)16-14-20-7-2-1-3-8-20/h1-11,15,18,23H,12-14,16-17,19H2. The molecule has 0 aliphatic heterocycles. The summed E-state index contributed by atoms with van der Waals surface area (Å²) in [6.07, 6.45) is 7.24. The number of hydrogen-bond donors (Lipinski definition) is 0. The average molecular weight is 370 g/mol. The van der Waals surface area contributed by atoms with Crippen molar-refractivity contribution in [1.82, 2.24) is 9.88 Å². The quantitative estimate of drug-likeness (QED) is 0.600. The van der Waals surface area contributed by atoms with Gasteiger partial charge in [0.2, 0.25) is 5.91 Å². The summed E-state index contributed by atoms with van der Waals surface area (Å²) < 4.78 is 0. The lowest BCUT2D eigenvalue weighted by Crippen LogP contribution is -2.33. The molecule has 1 heterocycles. The van der Waals surface area contributed by atoms with Crippen molar-refractivity contribution < 1.29 is 4.79 Å². The van der Waals surface area contributed by atoms with Gasteiger partial charge in [-0.15, -0.1) is 0 Å². The van der Waals surface area contributed by atoms with Crippen LogP contribution in [0, 0.1) is 0 Å². The summed E-state index contributed by atoms with van der Waals surface area (Å²) in [6.45, 7) is 1.35. The van der Waals surface area contributed by atoms with Crippen LogP contribution in [0.1, 0.15) is 41.0 Å². The molecule has 28 heavy (non-hydrogen) atoms. The van der Waals surface area contributed by atoms with Crippen LogP contribution in [0.5, 0.6) is 0 Å². The number of amides is 1. The molecule has 1 unspecified atom stereocenters. The fraction of sp³-hybridized carbons (Fsp3) is 0.280. The van der Waals surface area contributed by atoms with Crippen LogP contribution in [0.4, 0.5) is 0 Å². The van der Waals surface area contributed by atoms with Gasteiger partial charge in [0, 0.05) is 31.9 Å². The molecule has 0 N–H and O–H groups in total. The third-order valence-electron chi connectivity index (χ3n) is 5.64. The number of aryl methyl sites for hydroxylation is 1. The van der Waals surface area contributed by atoms with Crippen molar-refractivity contribution in [3.8, 4) is 0 Å². The molecule has 0 spiro atoms. The predicted molar refractivity (Wildman–Crippen MR) is 112 cm³/mol. The molecule has 0 bridgehead atoms. The summed E-state index contributed by atoms with van der Waals surface area (Å²) >= 11 is 0. The lowest BCUT2D eigenvalue weighted by atomic mass is 9.97. The lowest BCUT2D eigenvalue weighted by Gasteiger charge is -2.25. The fourth-order valence-electron chi connectivity index (χ4n) is 4.11. The van der Waals surface area contributed by atoms with Gasteiger partial charge in [-0.1, -0.05) is 60.7 Å². The second-order valence-electron chi connectivity index (χ2n) is 7.55. The Labute approximate surface area is 167 Å². The molecule has 4 rings (SSSR count). The Morgan fingerprint density at radius 1 is 0.964 bits per heavy atom. The highest BCUT2D eigenvalue weighted by atomic mass is 16.2. The topological polar surface area (TPSA) is 33.2 Å². The van der Waals surface area contributed by atoms with Crippen molar-refractivity contribution in [3.63, 3.8) is 0 Å². The number of pyridine rings is 1. The first kappa shape index (κ1) is 18.4. The zero-order valence-corrected chi connectivity index (χ0v) is 16.1. The Bertz CT molecular complexity index is 908. The summed E-state index contributed by atoms with van der Waals surface area (Å²) in [7, 11) is 0. The van der Waals surface area contributed by atoms with Gasteiger partial charge >= 0.3 is 0 Å². The van der Waals surface area contributed by atoms with E-state index in [1.165, 1.54) is 16.7 Å². The van der Waals surface area contributed by atoms with E-state index in [1.807, 2.05) is 29.3 Å². The van der Waals surface area contributed by atoms with Gasteiger partial charge in [-0.05, 0) is 53.5 Å². The largest absolute Gasteiger partial charge is 0.338 e. The maximum Gasteiger partial charge on any atom is 0.223 e. The SMILES string of the molecule is O=C(CC1CCc2ccccc21)N(CCc1ccccc1)Cc1cccnc1. The van der Waals surface area contributed by atoms with Crippen LogP contribution in [0.2, 0.25) is 0 Å². The molecule has 0 radical (unpaired) electrons. The van der Waals surface area contributed by atoms with Crippen molar-refractivity contribution in [2.24, 2.45) is 0 Å². The molecule has 1 atom stereocenters. The normalized spacial score (nSPS) is 15.2. The minimum atomic E-state index is 0.237. The van der Waals surface area contributed by atoms with E-state index >= 15 is 0 Å². The fourth-order valence-corrected chi connectivity index (χ4v) is 4.11. The van der Waals surface area contributed by atoms with E-state index in [2.05, 4.69) is 53.5 Å². The van der Waals surface area contributed by atoms with Crippen LogP contribution in [0.15, 0.2) is 79.1 Å². The Kier molecular flexibility index (Phi) is 5.81. The third-order valence-corrected chi connectivity index (χ3v) is 5.64. The number of nitrogens with zero attached hydrogens (tertiary/aromatic N) is 2. The first-order valence-electron chi connectivity index (χ1n) is 10.1. The lowest BCUT2D eigenvalue weighted by molar-refractivity contribution is -0.132. The van der Waals surface area contributed by atoms with Gasteiger partial charge in [-0.25, -0.2) is 0 Å². The van der Waals surface area contributed by atoms with Crippen molar-refractivity contribution in [3.05, 3.63) is 101 Å². The molecule has 3 heteroatoms. The molecule has 2 aromatic carbocycles. The van der Waals surface area contributed by atoms with Crippen LogP contribution in [-0.4, -0.2) is 22.3 Å². The minimum absolute atomic E-state index is 0.237. The summed E-state index contributed by atoms with van der Waals surface area (Å²) in [4.78, 5) is 19.5. The summed E-state index contributed by atoms with van der Waals surface area (Å²) in [5.41, 5.74) is 5.11. The maximum absolute atomic E-state index is 13.2. The molecule has 142 valence electrons. The third kappa shape index (κ3) is 4.48. The van der Waals surface area contributed by atoms with E-state index in [0.717, 1.165) is 31.4 Å². The molecule has 1 amide bonds. The van der Waals surface area contributed by atoms with Gasteiger partial charge in [0.25, 0.3) is 0 Å². The van der Waals surface area contributed by atoms with E-state index in [0.29, 0.717) is 18.9 Å². The summed E-state index contributed by atoms with van der Waals surface area (Å²) in [5.74, 6) is 0.582. The Balaban J connectivity index is 1.46. The zero-order chi connectivity index (χ0) is 19.2. The van der Waals surface area contributed by atoms with E-state index in [4.69, 9.17) is 0 Å². The van der Waals surface area contributed by atoms with Crippen LogP contribution >= 0.6 is 0 Å². The number of benzene rings is 2. The highest BCUT2D eigenvalue weighted by Gasteiger charge is 2.26. The van der Waals surface area contributed by atoms with Crippen molar-refractivity contribution in [2.45, 2.75) is 38.1 Å². The summed E-state index contributed by atoms with van der Waals surface area (Å²) in [6, 6.07) is 22.9. The molecule has 0 fully saturated rings. The number of carbonyl (C=O) groups excluding carboxylic acids is 1. The Hall–Kier alpha value is -2.94. The van der Waals surface area contributed by atoms with Crippen molar-refractivity contribution >= 4 is 5.91 Å². The molecule has 0 saturated heterocycles. The zero-order valence-electron chi connectivity index (χ0n) is 16.1. The highest BCUT2D eigenvalue weighted by molar-refractivity contribution is 5.77. The van der Waals surface area contributed by atoms with Crippen LogP contribution in [0.25, 0.3) is 0 Å². The van der Waals surface area contributed by atoms with Crippen molar-refractivity contribution in [2.75, 3.05) is 6.54 Å². The number of carbonyl (C=O) groups is 1. The van der Waals surface area contributed by atoms with Crippen LogP contribution in [-0.2, 0) is 24.2 Å². The first-order chi connectivity index (χ1) is 13.8. The monoisotopic (exact) mass is 370 g/mol. The molecule has 1 aliphatic carbocycles. The minimum Gasteiger partial charge on any atom is -0.338 e. The van der Waals surface area contributed by atoms with E-state index in [-0.39, 0.29) is 5.91 Å². The van der Waals surface area contributed by atoms with Gasteiger partial charge in [0.15, 0.2) is 0 Å². The highest BCUT2D eigenvalue weighted by Crippen LogP contribution is 2.35. The number of hydrogen-bond acceptors (Lipinski definition) is 2. The molecule has 3 nitrogen and oxygen atoms in total. The Morgan fingerprint density at radius 2 is 1.75 bits per heavy atom. The van der Waals surface area contributed by atoms with E-state index < -0.39 is 0 Å². The van der Waals surface area contributed by atoms with Gasteiger partial charge in [-0.2, -0.15) is 0 Å². The average Bonchev–Trinajstić information content (AvgIpc) is 3.15. The molecular formula is C25H26N2O. The van der Waals surface area contributed by atoms with E-state index in [9.17, 15) is 4.79 Å². The van der Waals surface area contributed by atoms with Gasteiger partial charge < -0.3 is 4.90 Å². The maximum atomic E-state index is 13.2. The first-order valence-corrected chi connectivity index (χ1v) is 10.1. The second kappa shape index (κ2) is 8.83. The smallest absolute Gasteiger partial charge is 0.223 e. The molecule has 1 aliphatic rings. The van der Waals surface area contributed by atoms with Gasteiger partial charge in [0.05, 0.1) is 0 Å². The molecule has 3 aromatic rings. The predicted octanol–water partition coefficient (Wildman–Crippen LogP) is 4.77. The van der Waals surface area contributed by atoms with Crippen molar-refractivity contribution in [1.29, 1.82) is 0 Å². The van der Waals surface area contributed by atoms with Gasteiger partial charge in [-0.3, -0.25) is 9.78 Å². The number of aromatic nitrogens is 1. The molecule has 1 aromatic heterocycles. The van der Waals surface area contributed by atoms with Crippen LogP contribution in [0.3, 0.4) is 0 Å². The second-order valence-corrected chi connectivity index (χ2v) is 7.55. The summed E-state index contributed by atoms with van der Waals surface area (Å²) in [5, 5.41) is 0. The van der Waals surface area contributed by atoms with Gasteiger partial charge in [0.1, 0.15) is 0 Å². The molecular weight excluding hydrogens is 344 g/mol. The van der Waals surface area contributed by atoms with E-state index in [1.54, 1.807) is 6.20 Å². The number of rotatable bonds is 7. The number of fused-ring (bicyclic) bond motifs is 1.